The highest BCUT2D eigenvalue weighted by molar-refractivity contribution is 6.31. The van der Waals surface area contributed by atoms with Crippen LogP contribution in [0.15, 0.2) is 24.4 Å². The second kappa shape index (κ2) is 5.54. The van der Waals surface area contributed by atoms with Crippen molar-refractivity contribution in [1.82, 2.24) is 14.9 Å². The largest absolute Gasteiger partial charge is 0.326 e. The molecule has 1 aliphatic carbocycles. The quantitative estimate of drug-likeness (QED) is 0.917. The van der Waals surface area contributed by atoms with Crippen LogP contribution in [-0.2, 0) is 13.1 Å². The number of halogens is 2. The van der Waals surface area contributed by atoms with E-state index in [1.54, 1.807) is 12.1 Å². The standard InChI is InChI=1S/C15H17ClFN3/c1-10-18-7-12(8-19-11-5-6-11)20(10)9-13-14(16)3-2-4-15(13)17/h2-4,7,11,19H,5-6,8-9H2,1H3. The Morgan fingerprint density at radius 3 is 2.95 bits per heavy atom. The monoisotopic (exact) mass is 293 g/mol. The van der Waals surface area contributed by atoms with E-state index in [9.17, 15) is 4.39 Å². The van der Waals surface area contributed by atoms with Crippen molar-refractivity contribution in [3.05, 3.63) is 52.3 Å². The first-order chi connectivity index (χ1) is 9.65. The number of nitrogens with one attached hydrogen (secondary N) is 1. The van der Waals surface area contributed by atoms with Crippen LogP contribution in [0.5, 0.6) is 0 Å². The van der Waals surface area contributed by atoms with Crippen molar-refractivity contribution >= 4 is 11.6 Å². The molecule has 106 valence electrons. The number of aryl methyl sites for hydroxylation is 1. The summed E-state index contributed by atoms with van der Waals surface area (Å²) in [5.74, 6) is 0.601. The van der Waals surface area contributed by atoms with E-state index in [4.69, 9.17) is 11.6 Å². The number of nitrogens with zero attached hydrogens (tertiary/aromatic N) is 2. The van der Waals surface area contributed by atoms with Crippen molar-refractivity contribution in [2.45, 2.75) is 38.9 Å². The molecule has 0 unspecified atom stereocenters. The molecule has 1 aromatic carbocycles. The fourth-order valence-electron chi connectivity index (χ4n) is 2.25. The fourth-order valence-corrected chi connectivity index (χ4v) is 2.47. The second-order valence-electron chi connectivity index (χ2n) is 5.24. The van der Waals surface area contributed by atoms with E-state index in [0.29, 0.717) is 23.2 Å². The van der Waals surface area contributed by atoms with Gasteiger partial charge >= 0.3 is 0 Å². The van der Waals surface area contributed by atoms with E-state index in [-0.39, 0.29) is 5.82 Å². The highest BCUT2D eigenvalue weighted by Crippen LogP contribution is 2.22. The zero-order valence-corrected chi connectivity index (χ0v) is 12.1. The zero-order chi connectivity index (χ0) is 14.1. The molecule has 3 rings (SSSR count). The van der Waals surface area contributed by atoms with Crippen LogP contribution in [0.2, 0.25) is 5.02 Å². The van der Waals surface area contributed by atoms with Gasteiger partial charge in [0.15, 0.2) is 0 Å². The molecule has 0 amide bonds. The first-order valence-corrected chi connectivity index (χ1v) is 7.20. The lowest BCUT2D eigenvalue weighted by molar-refractivity contribution is 0.582. The van der Waals surface area contributed by atoms with Crippen LogP contribution in [-0.4, -0.2) is 15.6 Å². The minimum atomic E-state index is -0.272. The molecule has 5 heteroatoms. The summed E-state index contributed by atoms with van der Waals surface area (Å²) < 4.78 is 15.9. The third-order valence-corrected chi connectivity index (χ3v) is 4.02. The van der Waals surface area contributed by atoms with Crippen LogP contribution in [0, 0.1) is 12.7 Å². The van der Waals surface area contributed by atoms with Crippen molar-refractivity contribution in [3.63, 3.8) is 0 Å². The molecule has 1 aromatic heterocycles. The van der Waals surface area contributed by atoms with E-state index < -0.39 is 0 Å². The number of imidazole rings is 1. The Bertz CT molecular complexity index is 599. The lowest BCUT2D eigenvalue weighted by atomic mass is 10.2. The molecule has 1 fully saturated rings. The second-order valence-corrected chi connectivity index (χ2v) is 5.65. The van der Waals surface area contributed by atoms with Gasteiger partial charge in [-0.05, 0) is 31.9 Å². The number of benzene rings is 1. The molecule has 1 heterocycles. The summed E-state index contributed by atoms with van der Waals surface area (Å²) in [6.07, 6.45) is 4.33. The normalized spacial score (nSPS) is 14.8. The van der Waals surface area contributed by atoms with Gasteiger partial charge in [-0.1, -0.05) is 17.7 Å². The van der Waals surface area contributed by atoms with Gasteiger partial charge in [0.1, 0.15) is 11.6 Å². The molecule has 0 spiro atoms. The Labute approximate surface area is 122 Å². The molecule has 20 heavy (non-hydrogen) atoms. The first kappa shape index (κ1) is 13.6. The summed E-state index contributed by atoms with van der Waals surface area (Å²) in [5, 5.41) is 3.91. The fraction of sp³-hybridized carbons (Fsp3) is 0.400. The van der Waals surface area contributed by atoms with Gasteiger partial charge in [-0.15, -0.1) is 0 Å². The topological polar surface area (TPSA) is 29.9 Å². The van der Waals surface area contributed by atoms with Crippen LogP contribution in [0.1, 0.15) is 29.9 Å². The molecule has 1 N–H and O–H groups in total. The van der Waals surface area contributed by atoms with E-state index in [0.717, 1.165) is 18.1 Å². The van der Waals surface area contributed by atoms with Crippen LogP contribution in [0.25, 0.3) is 0 Å². The summed E-state index contributed by atoms with van der Waals surface area (Å²) in [4.78, 5) is 4.33. The summed E-state index contributed by atoms with van der Waals surface area (Å²) >= 11 is 6.10. The average Bonchev–Trinajstić information content (AvgIpc) is 3.18. The van der Waals surface area contributed by atoms with Crippen molar-refractivity contribution in [1.29, 1.82) is 0 Å². The molecule has 0 bridgehead atoms. The van der Waals surface area contributed by atoms with Crippen molar-refractivity contribution in [2.75, 3.05) is 0 Å². The number of aromatic nitrogens is 2. The van der Waals surface area contributed by atoms with Gasteiger partial charge in [0.2, 0.25) is 0 Å². The summed E-state index contributed by atoms with van der Waals surface area (Å²) in [7, 11) is 0. The molecule has 2 aromatic rings. The summed E-state index contributed by atoms with van der Waals surface area (Å²) in [5.41, 5.74) is 1.58. The Morgan fingerprint density at radius 2 is 2.25 bits per heavy atom. The van der Waals surface area contributed by atoms with Gasteiger partial charge < -0.3 is 9.88 Å². The number of rotatable bonds is 5. The molecular formula is C15H17ClFN3. The summed E-state index contributed by atoms with van der Waals surface area (Å²) in [6, 6.07) is 5.41. The van der Waals surface area contributed by atoms with Gasteiger partial charge in [0, 0.05) is 29.4 Å². The molecule has 1 aliphatic rings. The van der Waals surface area contributed by atoms with Crippen molar-refractivity contribution in [2.24, 2.45) is 0 Å². The Kier molecular flexibility index (Phi) is 3.76. The van der Waals surface area contributed by atoms with Crippen LogP contribution in [0.3, 0.4) is 0 Å². The molecular weight excluding hydrogens is 277 g/mol. The molecule has 0 atom stereocenters. The zero-order valence-electron chi connectivity index (χ0n) is 11.4. The Morgan fingerprint density at radius 1 is 1.45 bits per heavy atom. The number of hydrogen-bond donors (Lipinski definition) is 1. The minimum absolute atomic E-state index is 0.272. The van der Waals surface area contributed by atoms with Crippen LogP contribution in [0.4, 0.5) is 4.39 Å². The Hall–Kier alpha value is -1.39. The lowest BCUT2D eigenvalue weighted by Crippen LogP contribution is -2.19. The van der Waals surface area contributed by atoms with E-state index in [1.807, 2.05) is 17.7 Å². The third kappa shape index (κ3) is 2.86. The SMILES string of the molecule is Cc1ncc(CNC2CC2)n1Cc1c(F)cccc1Cl. The molecule has 0 radical (unpaired) electrons. The maximum absolute atomic E-state index is 13.9. The predicted molar refractivity (Wildman–Crippen MR) is 77.3 cm³/mol. The van der Waals surface area contributed by atoms with Gasteiger partial charge in [0.25, 0.3) is 0 Å². The molecule has 3 nitrogen and oxygen atoms in total. The van der Waals surface area contributed by atoms with E-state index in [2.05, 4.69) is 10.3 Å². The van der Waals surface area contributed by atoms with Gasteiger partial charge in [-0.2, -0.15) is 0 Å². The predicted octanol–water partition coefficient (Wildman–Crippen LogP) is 3.28. The third-order valence-electron chi connectivity index (χ3n) is 3.66. The van der Waals surface area contributed by atoms with Crippen molar-refractivity contribution < 1.29 is 4.39 Å². The molecule has 1 saturated carbocycles. The average molecular weight is 294 g/mol. The minimum Gasteiger partial charge on any atom is -0.326 e. The van der Waals surface area contributed by atoms with Gasteiger partial charge in [-0.25, -0.2) is 9.37 Å². The lowest BCUT2D eigenvalue weighted by Gasteiger charge is -2.13. The van der Waals surface area contributed by atoms with Gasteiger partial charge in [-0.3, -0.25) is 0 Å². The molecule has 0 saturated heterocycles. The summed E-state index contributed by atoms with van der Waals surface area (Å²) in [6.45, 7) is 3.10. The maximum atomic E-state index is 13.9. The van der Waals surface area contributed by atoms with Crippen LogP contribution >= 0.6 is 11.6 Å². The van der Waals surface area contributed by atoms with Crippen LogP contribution < -0.4 is 5.32 Å². The van der Waals surface area contributed by atoms with E-state index in [1.165, 1.54) is 18.9 Å². The van der Waals surface area contributed by atoms with E-state index >= 15 is 0 Å². The number of hydrogen-bond acceptors (Lipinski definition) is 2. The van der Waals surface area contributed by atoms with Gasteiger partial charge in [0.05, 0.1) is 12.2 Å². The van der Waals surface area contributed by atoms with Crippen molar-refractivity contribution in [3.8, 4) is 0 Å². The maximum Gasteiger partial charge on any atom is 0.129 e. The highest BCUT2D eigenvalue weighted by atomic mass is 35.5. The Balaban J connectivity index is 1.83. The highest BCUT2D eigenvalue weighted by Gasteiger charge is 2.21. The molecule has 0 aliphatic heterocycles. The first-order valence-electron chi connectivity index (χ1n) is 6.82. The smallest absolute Gasteiger partial charge is 0.129 e.